The van der Waals surface area contributed by atoms with Gasteiger partial charge in [0, 0.05) is 10.9 Å². The second kappa shape index (κ2) is 9.99. The number of halogens is 1. The van der Waals surface area contributed by atoms with Crippen molar-refractivity contribution in [1.82, 2.24) is 0 Å². The summed E-state index contributed by atoms with van der Waals surface area (Å²) in [7, 11) is 0. The Balaban J connectivity index is 1.88. The van der Waals surface area contributed by atoms with Gasteiger partial charge in [-0.3, -0.25) is 4.79 Å². The average Bonchev–Trinajstić information content (AvgIpc) is 2.62. The predicted octanol–water partition coefficient (Wildman–Crippen LogP) is 5.72. The van der Waals surface area contributed by atoms with E-state index in [0.717, 1.165) is 40.4 Å². The summed E-state index contributed by atoms with van der Waals surface area (Å²) < 4.78 is 1.05. The molecule has 5 heteroatoms. The zero-order chi connectivity index (χ0) is 18.1. The molecule has 0 heterocycles. The van der Waals surface area contributed by atoms with Gasteiger partial charge in [-0.15, -0.1) is 0 Å². The van der Waals surface area contributed by atoms with Crippen LogP contribution in [-0.4, -0.2) is 22.0 Å². The number of oxime groups is 1. The van der Waals surface area contributed by atoms with Gasteiger partial charge in [0.1, 0.15) is 0 Å². The first-order valence-corrected chi connectivity index (χ1v) is 9.18. The molecule has 0 atom stereocenters. The van der Waals surface area contributed by atoms with Crippen LogP contribution in [0.15, 0.2) is 58.2 Å². The summed E-state index contributed by atoms with van der Waals surface area (Å²) in [5.74, 6) is -0.747. The third-order valence-corrected chi connectivity index (χ3v) is 4.60. The van der Waals surface area contributed by atoms with Gasteiger partial charge in [-0.05, 0) is 48.1 Å². The molecular weight excluding hydrogens is 382 g/mol. The second-order valence-electron chi connectivity index (χ2n) is 5.94. The molecule has 0 fully saturated rings. The van der Waals surface area contributed by atoms with E-state index in [9.17, 15) is 10.0 Å². The van der Waals surface area contributed by atoms with Crippen molar-refractivity contribution in [2.24, 2.45) is 5.16 Å². The first kappa shape index (κ1) is 19.2. The Kier molecular flexibility index (Phi) is 7.67. The molecular formula is C20H22BrNO3. The average molecular weight is 404 g/mol. The number of carboxylic acid groups (broad SMARTS) is 1. The molecule has 0 unspecified atom stereocenters. The van der Waals surface area contributed by atoms with E-state index in [1.54, 1.807) is 0 Å². The highest BCUT2D eigenvalue weighted by Gasteiger charge is 2.06. The Morgan fingerprint density at radius 3 is 1.88 bits per heavy atom. The molecule has 0 saturated heterocycles. The highest BCUT2D eigenvalue weighted by molar-refractivity contribution is 9.10. The quantitative estimate of drug-likeness (QED) is 0.243. The third kappa shape index (κ3) is 6.35. The van der Waals surface area contributed by atoms with Crippen LogP contribution >= 0.6 is 15.9 Å². The largest absolute Gasteiger partial charge is 0.481 e. The zero-order valence-corrected chi connectivity index (χ0v) is 15.6. The Morgan fingerprint density at radius 2 is 1.36 bits per heavy atom. The molecule has 2 aromatic carbocycles. The number of hydrogen-bond acceptors (Lipinski definition) is 3. The van der Waals surface area contributed by atoms with Crippen LogP contribution in [0, 0.1) is 0 Å². The van der Waals surface area contributed by atoms with Gasteiger partial charge in [-0.25, -0.2) is 0 Å². The van der Waals surface area contributed by atoms with Gasteiger partial charge >= 0.3 is 5.97 Å². The van der Waals surface area contributed by atoms with Crippen molar-refractivity contribution in [2.45, 2.75) is 38.5 Å². The van der Waals surface area contributed by atoms with Crippen LogP contribution in [0.25, 0.3) is 11.1 Å². The fourth-order valence-corrected chi connectivity index (χ4v) is 2.94. The normalized spacial score (nSPS) is 11.5. The number of carboxylic acids is 1. The molecule has 0 amide bonds. The van der Waals surface area contributed by atoms with Crippen LogP contribution in [0.2, 0.25) is 0 Å². The van der Waals surface area contributed by atoms with E-state index < -0.39 is 5.97 Å². The summed E-state index contributed by atoms with van der Waals surface area (Å²) in [4.78, 5) is 10.5. The van der Waals surface area contributed by atoms with Gasteiger partial charge in [-0.1, -0.05) is 70.3 Å². The summed E-state index contributed by atoms with van der Waals surface area (Å²) in [5, 5.41) is 21.3. The molecule has 4 nitrogen and oxygen atoms in total. The molecule has 0 aliphatic rings. The minimum Gasteiger partial charge on any atom is -0.481 e. The Bertz CT molecular complexity index is 709. The van der Waals surface area contributed by atoms with Gasteiger partial charge in [-0.2, -0.15) is 0 Å². The van der Waals surface area contributed by atoms with Crippen LogP contribution in [0.5, 0.6) is 0 Å². The highest BCUT2D eigenvalue weighted by atomic mass is 79.9. The molecule has 0 bridgehead atoms. The topological polar surface area (TPSA) is 69.9 Å². The lowest BCUT2D eigenvalue weighted by atomic mass is 9.99. The first-order chi connectivity index (χ1) is 12.1. The van der Waals surface area contributed by atoms with E-state index >= 15 is 0 Å². The standard InChI is InChI=1S/C20H22BrNO3/c21-18-13-11-16(12-14-18)15-7-9-17(10-8-15)19(22-25)5-3-1-2-4-6-20(23)24/h7-14,25H,1-6H2,(H,23,24)/b22-19+. The molecule has 25 heavy (non-hydrogen) atoms. The van der Waals surface area contributed by atoms with E-state index in [1.807, 2.05) is 36.4 Å². The summed E-state index contributed by atoms with van der Waals surface area (Å²) in [6.07, 6.45) is 4.30. The highest BCUT2D eigenvalue weighted by Crippen LogP contribution is 2.23. The van der Waals surface area contributed by atoms with Crippen molar-refractivity contribution in [3.8, 4) is 11.1 Å². The van der Waals surface area contributed by atoms with Crippen LogP contribution < -0.4 is 0 Å². The van der Waals surface area contributed by atoms with Crippen LogP contribution in [-0.2, 0) is 4.79 Å². The van der Waals surface area contributed by atoms with E-state index in [0.29, 0.717) is 18.6 Å². The predicted molar refractivity (Wildman–Crippen MR) is 103 cm³/mol. The number of carbonyl (C=O) groups is 1. The Morgan fingerprint density at radius 1 is 0.840 bits per heavy atom. The lowest BCUT2D eigenvalue weighted by Crippen LogP contribution is -2.01. The Hall–Kier alpha value is -2.14. The van der Waals surface area contributed by atoms with Gasteiger partial charge in [0.2, 0.25) is 0 Å². The van der Waals surface area contributed by atoms with Crippen molar-refractivity contribution < 1.29 is 15.1 Å². The van der Waals surface area contributed by atoms with Gasteiger partial charge in [0.15, 0.2) is 0 Å². The fourth-order valence-electron chi connectivity index (χ4n) is 2.67. The maximum atomic E-state index is 10.5. The van der Waals surface area contributed by atoms with Crippen molar-refractivity contribution in [3.05, 3.63) is 58.6 Å². The van der Waals surface area contributed by atoms with Crippen molar-refractivity contribution in [1.29, 1.82) is 0 Å². The second-order valence-corrected chi connectivity index (χ2v) is 6.85. The molecule has 132 valence electrons. The summed E-state index contributed by atoms with van der Waals surface area (Å²) in [6.45, 7) is 0. The van der Waals surface area contributed by atoms with Crippen LogP contribution in [0.3, 0.4) is 0 Å². The third-order valence-electron chi connectivity index (χ3n) is 4.07. The maximum absolute atomic E-state index is 10.5. The lowest BCUT2D eigenvalue weighted by molar-refractivity contribution is -0.137. The molecule has 0 aliphatic carbocycles. The van der Waals surface area contributed by atoms with E-state index in [2.05, 4.69) is 33.2 Å². The fraction of sp³-hybridized carbons (Fsp3) is 0.300. The van der Waals surface area contributed by atoms with Crippen molar-refractivity contribution >= 4 is 27.6 Å². The minimum absolute atomic E-state index is 0.221. The number of nitrogens with zero attached hydrogens (tertiary/aromatic N) is 1. The molecule has 0 aromatic heterocycles. The Labute approximate surface area is 156 Å². The monoisotopic (exact) mass is 403 g/mol. The van der Waals surface area contributed by atoms with Gasteiger partial charge < -0.3 is 10.3 Å². The number of hydrogen-bond donors (Lipinski definition) is 2. The summed E-state index contributed by atoms with van der Waals surface area (Å²) in [6, 6.07) is 16.1. The zero-order valence-electron chi connectivity index (χ0n) is 14.0. The molecule has 0 spiro atoms. The molecule has 2 rings (SSSR count). The number of aliphatic carboxylic acids is 1. The molecule has 2 N–H and O–H groups in total. The SMILES string of the molecule is O=C(O)CCCCCC/C(=N\O)c1ccc(-c2ccc(Br)cc2)cc1. The van der Waals surface area contributed by atoms with Crippen molar-refractivity contribution in [2.75, 3.05) is 0 Å². The first-order valence-electron chi connectivity index (χ1n) is 8.39. The van der Waals surface area contributed by atoms with E-state index in [4.69, 9.17) is 5.11 Å². The van der Waals surface area contributed by atoms with Gasteiger partial charge in [0.05, 0.1) is 5.71 Å². The molecule has 0 radical (unpaired) electrons. The van der Waals surface area contributed by atoms with Gasteiger partial charge in [0.25, 0.3) is 0 Å². The summed E-state index contributed by atoms with van der Waals surface area (Å²) in [5.41, 5.74) is 3.83. The number of rotatable bonds is 9. The number of benzene rings is 2. The number of unbranched alkanes of at least 4 members (excludes halogenated alkanes) is 3. The van der Waals surface area contributed by atoms with Crippen molar-refractivity contribution in [3.63, 3.8) is 0 Å². The summed E-state index contributed by atoms with van der Waals surface area (Å²) >= 11 is 3.43. The van der Waals surface area contributed by atoms with E-state index in [1.165, 1.54) is 0 Å². The lowest BCUT2D eigenvalue weighted by Gasteiger charge is -2.07. The maximum Gasteiger partial charge on any atom is 0.303 e. The van der Waals surface area contributed by atoms with E-state index in [-0.39, 0.29) is 6.42 Å². The van der Waals surface area contributed by atoms with Crippen LogP contribution in [0.1, 0.15) is 44.1 Å². The molecule has 2 aromatic rings. The van der Waals surface area contributed by atoms with Crippen LogP contribution in [0.4, 0.5) is 0 Å². The molecule has 0 aliphatic heterocycles. The smallest absolute Gasteiger partial charge is 0.303 e. The minimum atomic E-state index is -0.747. The molecule has 0 saturated carbocycles.